The van der Waals surface area contributed by atoms with Crippen molar-refractivity contribution < 1.29 is 9.53 Å². The van der Waals surface area contributed by atoms with E-state index in [-0.39, 0.29) is 18.1 Å². The van der Waals surface area contributed by atoms with Crippen LogP contribution in [0.25, 0.3) is 16.8 Å². The lowest BCUT2D eigenvalue weighted by Crippen LogP contribution is -2.27. The SMILES string of the molecule is CC[C@@H]1C[C@H](OC(=O)NCc2ccccc2)C[C@@H]1c1nnc2cnc3[nH]ccc3n12. The minimum atomic E-state index is -0.373. The van der Waals surface area contributed by atoms with Crippen LogP contribution in [0.4, 0.5) is 4.79 Å². The molecular weight excluding hydrogens is 380 g/mol. The van der Waals surface area contributed by atoms with Crippen molar-refractivity contribution >= 4 is 22.9 Å². The second-order valence-corrected chi connectivity index (χ2v) is 7.83. The highest BCUT2D eigenvalue weighted by molar-refractivity contribution is 5.74. The van der Waals surface area contributed by atoms with Crippen LogP contribution in [0.3, 0.4) is 0 Å². The third-order valence-corrected chi connectivity index (χ3v) is 6.03. The number of rotatable bonds is 5. The first-order chi connectivity index (χ1) is 14.7. The molecule has 1 amide bonds. The molecule has 3 aromatic heterocycles. The Bertz CT molecular complexity index is 1170. The largest absolute Gasteiger partial charge is 0.446 e. The van der Waals surface area contributed by atoms with E-state index in [0.29, 0.717) is 12.5 Å². The maximum absolute atomic E-state index is 12.3. The summed E-state index contributed by atoms with van der Waals surface area (Å²) in [5.74, 6) is 1.48. The molecule has 1 aliphatic carbocycles. The molecule has 4 aromatic rings. The maximum atomic E-state index is 12.3. The molecule has 1 fully saturated rings. The van der Waals surface area contributed by atoms with E-state index < -0.39 is 0 Å². The minimum Gasteiger partial charge on any atom is -0.446 e. The monoisotopic (exact) mass is 404 g/mol. The zero-order valence-corrected chi connectivity index (χ0v) is 16.8. The number of nitrogens with one attached hydrogen (secondary N) is 2. The van der Waals surface area contributed by atoms with Gasteiger partial charge in [0.15, 0.2) is 11.3 Å². The molecule has 0 unspecified atom stereocenters. The van der Waals surface area contributed by atoms with E-state index in [4.69, 9.17) is 4.74 Å². The van der Waals surface area contributed by atoms with E-state index in [1.54, 1.807) is 6.20 Å². The van der Waals surface area contributed by atoms with Crippen LogP contribution >= 0.6 is 0 Å². The number of hydrogen-bond acceptors (Lipinski definition) is 5. The van der Waals surface area contributed by atoms with E-state index in [1.807, 2.05) is 42.6 Å². The summed E-state index contributed by atoms with van der Waals surface area (Å²) >= 11 is 0. The summed E-state index contributed by atoms with van der Waals surface area (Å²) in [4.78, 5) is 19.9. The summed E-state index contributed by atoms with van der Waals surface area (Å²) in [6, 6.07) is 11.8. The summed E-state index contributed by atoms with van der Waals surface area (Å²) in [5.41, 5.74) is 3.55. The summed E-state index contributed by atoms with van der Waals surface area (Å²) in [6.45, 7) is 2.63. The van der Waals surface area contributed by atoms with Gasteiger partial charge in [-0.3, -0.25) is 4.40 Å². The molecule has 8 heteroatoms. The van der Waals surface area contributed by atoms with Gasteiger partial charge in [-0.15, -0.1) is 10.2 Å². The molecule has 154 valence electrons. The van der Waals surface area contributed by atoms with E-state index in [9.17, 15) is 4.79 Å². The average molecular weight is 404 g/mol. The van der Waals surface area contributed by atoms with Crippen LogP contribution < -0.4 is 5.32 Å². The van der Waals surface area contributed by atoms with Crippen LogP contribution in [0, 0.1) is 5.92 Å². The quantitative estimate of drug-likeness (QED) is 0.527. The number of alkyl carbamates (subject to hydrolysis) is 1. The predicted octanol–water partition coefficient (Wildman–Crippen LogP) is 3.80. The van der Waals surface area contributed by atoms with Crippen molar-refractivity contribution in [1.82, 2.24) is 29.9 Å². The highest BCUT2D eigenvalue weighted by Crippen LogP contribution is 2.42. The lowest BCUT2D eigenvalue weighted by atomic mass is 9.93. The second kappa shape index (κ2) is 7.78. The molecule has 0 spiro atoms. The molecule has 0 saturated heterocycles. The standard InChI is InChI=1S/C22H24N6O2/c1-2-15-10-16(30-22(29)25-12-14-6-4-3-5-7-14)11-17(15)21-27-26-19-13-24-20-18(28(19)21)8-9-23-20/h3-9,13,15-17,23H,2,10-12H2,1H3,(H,25,29)/t15-,16+,17+/m1/s1. The van der Waals surface area contributed by atoms with E-state index in [2.05, 4.69) is 36.8 Å². The van der Waals surface area contributed by atoms with Crippen LogP contribution in [0.2, 0.25) is 0 Å². The summed E-state index contributed by atoms with van der Waals surface area (Å²) in [7, 11) is 0. The Kier molecular flexibility index (Phi) is 4.82. The fraction of sp³-hybridized carbons (Fsp3) is 0.364. The predicted molar refractivity (Wildman–Crippen MR) is 112 cm³/mol. The van der Waals surface area contributed by atoms with Crippen molar-refractivity contribution in [2.45, 2.75) is 44.8 Å². The number of ether oxygens (including phenoxy) is 1. The molecule has 1 aromatic carbocycles. The molecule has 0 radical (unpaired) electrons. The Morgan fingerprint density at radius 1 is 1.23 bits per heavy atom. The van der Waals surface area contributed by atoms with Gasteiger partial charge >= 0.3 is 6.09 Å². The topological polar surface area (TPSA) is 97.2 Å². The number of aromatic nitrogens is 5. The highest BCUT2D eigenvalue weighted by Gasteiger charge is 2.39. The van der Waals surface area contributed by atoms with E-state index >= 15 is 0 Å². The number of hydrogen-bond donors (Lipinski definition) is 2. The van der Waals surface area contributed by atoms with Crippen LogP contribution in [-0.2, 0) is 11.3 Å². The van der Waals surface area contributed by atoms with Crippen LogP contribution in [0.1, 0.15) is 43.5 Å². The van der Waals surface area contributed by atoms with Gasteiger partial charge in [-0.05, 0) is 30.4 Å². The average Bonchev–Trinajstić information content (AvgIpc) is 3.49. The molecule has 1 aliphatic rings. The van der Waals surface area contributed by atoms with Gasteiger partial charge < -0.3 is 15.0 Å². The van der Waals surface area contributed by atoms with Gasteiger partial charge in [0.05, 0.1) is 11.7 Å². The number of fused-ring (bicyclic) bond motifs is 3. The van der Waals surface area contributed by atoms with Crippen LogP contribution in [-0.4, -0.2) is 36.8 Å². The lowest BCUT2D eigenvalue weighted by molar-refractivity contribution is 0.0977. The van der Waals surface area contributed by atoms with Crippen molar-refractivity contribution in [3.8, 4) is 0 Å². The molecule has 5 rings (SSSR count). The van der Waals surface area contributed by atoms with Gasteiger partial charge in [0, 0.05) is 18.7 Å². The normalized spacial score (nSPS) is 21.3. The van der Waals surface area contributed by atoms with Crippen molar-refractivity contribution in [1.29, 1.82) is 0 Å². The zero-order valence-electron chi connectivity index (χ0n) is 16.8. The van der Waals surface area contributed by atoms with Crippen molar-refractivity contribution in [3.63, 3.8) is 0 Å². The zero-order chi connectivity index (χ0) is 20.5. The van der Waals surface area contributed by atoms with Crippen LogP contribution in [0.5, 0.6) is 0 Å². The molecule has 8 nitrogen and oxygen atoms in total. The maximum Gasteiger partial charge on any atom is 0.407 e. The second-order valence-electron chi connectivity index (χ2n) is 7.83. The number of amides is 1. The molecular formula is C22H24N6O2. The minimum absolute atomic E-state index is 0.133. The molecule has 3 atom stereocenters. The number of carbonyl (C=O) groups is 1. The third-order valence-electron chi connectivity index (χ3n) is 6.03. The smallest absolute Gasteiger partial charge is 0.407 e. The fourth-order valence-corrected chi connectivity index (χ4v) is 4.54. The van der Waals surface area contributed by atoms with Gasteiger partial charge in [0.2, 0.25) is 0 Å². The lowest BCUT2D eigenvalue weighted by Gasteiger charge is -2.15. The number of nitrogens with zero attached hydrogens (tertiary/aromatic N) is 4. The van der Waals surface area contributed by atoms with Gasteiger partial charge in [-0.2, -0.15) is 0 Å². The number of carbonyl (C=O) groups excluding carboxylic acids is 1. The van der Waals surface area contributed by atoms with Crippen molar-refractivity contribution in [2.75, 3.05) is 0 Å². The number of aromatic amines is 1. The van der Waals surface area contributed by atoms with Crippen molar-refractivity contribution in [3.05, 3.63) is 60.2 Å². The highest BCUT2D eigenvalue weighted by atomic mass is 16.6. The Labute approximate surface area is 173 Å². The van der Waals surface area contributed by atoms with Crippen molar-refractivity contribution in [2.24, 2.45) is 5.92 Å². The summed E-state index contributed by atoms with van der Waals surface area (Å²) < 4.78 is 7.83. The van der Waals surface area contributed by atoms with Gasteiger partial charge in [0.25, 0.3) is 0 Å². The van der Waals surface area contributed by atoms with E-state index in [1.165, 1.54) is 0 Å². The molecule has 1 saturated carbocycles. The Hall–Kier alpha value is -3.42. The third kappa shape index (κ3) is 3.38. The summed E-state index contributed by atoms with van der Waals surface area (Å²) in [5, 5.41) is 11.7. The molecule has 0 bridgehead atoms. The molecule has 0 aliphatic heterocycles. The molecule has 3 heterocycles. The van der Waals surface area contributed by atoms with Crippen LogP contribution in [0.15, 0.2) is 48.8 Å². The summed E-state index contributed by atoms with van der Waals surface area (Å²) in [6.07, 6.45) is 5.66. The molecule has 30 heavy (non-hydrogen) atoms. The fourth-order valence-electron chi connectivity index (χ4n) is 4.54. The Morgan fingerprint density at radius 3 is 2.93 bits per heavy atom. The number of H-pyrrole nitrogens is 1. The first-order valence-electron chi connectivity index (χ1n) is 10.4. The first kappa shape index (κ1) is 18.6. The van der Waals surface area contributed by atoms with Gasteiger partial charge in [-0.25, -0.2) is 9.78 Å². The van der Waals surface area contributed by atoms with E-state index in [0.717, 1.165) is 47.5 Å². The Morgan fingerprint density at radius 2 is 2.10 bits per heavy atom. The first-order valence-corrected chi connectivity index (χ1v) is 10.4. The Balaban J connectivity index is 1.32. The molecule has 2 N–H and O–H groups in total. The van der Waals surface area contributed by atoms with Gasteiger partial charge in [-0.1, -0.05) is 43.7 Å². The van der Waals surface area contributed by atoms with Gasteiger partial charge in [0.1, 0.15) is 11.9 Å². The number of benzene rings is 1.